The van der Waals surface area contributed by atoms with Crippen molar-refractivity contribution in [2.45, 2.75) is 19.9 Å². The molecule has 10 heteroatoms. The molecule has 2 aliphatic rings. The Kier molecular flexibility index (Phi) is 4.93. The summed E-state index contributed by atoms with van der Waals surface area (Å²) in [5.74, 6) is 2.07. The Balaban J connectivity index is 1.29. The number of hydrogen-bond donors (Lipinski definition) is 1. The number of anilines is 1. The van der Waals surface area contributed by atoms with Crippen LogP contribution in [-0.2, 0) is 13.0 Å². The lowest BCUT2D eigenvalue weighted by Crippen LogP contribution is -2.31. The molecule has 2 amide bonds. The van der Waals surface area contributed by atoms with Gasteiger partial charge in [0, 0.05) is 37.1 Å². The van der Waals surface area contributed by atoms with E-state index in [1.165, 1.54) is 11.3 Å². The Morgan fingerprint density at radius 2 is 1.90 bits per heavy atom. The molecule has 0 aliphatic carbocycles. The van der Waals surface area contributed by atoms with Crippen LogP contribution < -0.4 is 10.1 Å². The number of aromatic nitrogens is 4. The number of nitrogens with zero attached hydrogens (tertiary/aromatic N) is 5. The van der Waals surface area contributed by atoms with E-state index in [9.17, 15) is 9.59 Å². The number of methoxy groups -OCH3 is 1. The van der Waals surface area contributed by atoms with Crippen molar-refractivity contribution in [1.82, 2.24) is 24.6 Å². The van der Waals surface area contributed by atoms with E-state index in [-0.39, 0.29) is 17.7 Å². The van der Waals surface area contributed by atoms with Crippen molar-refractivity contribution in [1.29, 1.82) is 0 Å². The monoisotopic (exact) mass is 438 g/mol. The summed E-state index contributed by atoms with van der Waals surface area (Å²) < 4.78 is 7.04. The minimum atomic E-state index is -0.300. The van der Waals surface area contributed by atoms with Gasteiger partial charge in [-0.3, -0.25) is 9.59 Å². The van der Waals surface area contributed by atoms with Gasteiger partial charge in [-0.1, -0.05) is 0 Å². The Hall–Kier alpha value is -3.27. The third-order valence-electron chi connectivity index (χ3n) is 5.94. The second-order valence-electron chi connectivity index (χ2n) is 7.92. The highest BCUT2D eigenvalue weighted by Gasteiger charge is 2.41. The SMILES string of the molecule is COc1ccc(NC(=O)c2nnc3n2C[C@@H]2CN(C(=O)c4csc(C)n4)C[C@@H]2C3)cc1. The molecular formula is C21H22N6O3S. The number of ether oxygens (including phenoxy) is 1. The number of hydrogen-bond acceptors (Lipinski definition) is 7. The first-order valence-corrected chi connectivity index (χ1v) is 11.0. The highest BCUT2D eigenvalue weighted by atomic mass is 32.1. The Labute approximate surface area is 183 Å². The van der Waals surface area contributed by atoms with Gasteiger partial charge in [0.15, 0.2) is 0 Å². The summed E-state index contributed by atoms with van der Waals surface area (Å²) in [6.07, 6.45) is 0.702. The predicted octanol–water partition coefficient (Wildman–Crippen LogP) is 2.25. The maximum Gasteiger partial charge on any atom is 0.293 e. The molecule has 0 bridgehead atoms. The Morgan fingerprint density at radius 1 is 1.13 bits per heavy atom. The van der Waals surface area contributed by atoms with Crippen molar-refractivity contribution in [3.05, 3.63) is 52.0 Å². The maximum absolute atomic E-state index is 12.8. The third kappa shape index (κ3) is 3.67. The lowest BCUT2D eigenvalue weighted by atomic mass is 9.89. The smallest absolute Gasteiger partial charge is 0.293 e. The quantitative estimate of drug-likeness (QED) is 0.670. The van der Waals surface area contributed by atoms with Crippen molar-refractivity contribution in [2.75, 3.05) is 25.5 Å². The van der Waals surface area contributed by atoms with Crippen LogP contribution in [-0.4, -0.2) is 56.7 Å². The fourth-order valence-corrected chi connectivity index (χ4v) is 4.93. The van der Waals surface area contributed by atoms with E-state index in [0.29, 0.717) is 49.2 Å². The van der Waals surface area contributed by atoms with Gasteiger partial charge >= 0.3 is 0 Å². The molecule has 5 rings (SSSR count). The van der Waals surface area contributed by atoms with Gasteiger partial charge in [0.1, 0.15) is 17.3 Å². The highest BCUT2D eigenvalue weighted by molar-refractivity contribution is 7.09. The first kappa shape index (κ1) is 19.7. The normalized spacial score (nSPS) is 19.6. The zero-order valence-electron chi connectivity index (χ0n) is 17.2. The maximum atomic E-state index is 12.8. The molecule has 9 nitrogen and oxygen atoms in total. The van der Waals surface area contributed by atoms with E-state index in [2.05, 4.69) is 20.5 Å². The van der Waals surface area contributed by atoms with Crippen LogP contribution in [0, 0.1) is 18.8 Å². The standard InChI is InChI=1S/C21H22N6O3S/c1-12-22-17(11-31-12)21(29)26-8-13-7-18-24-25-19(27(18)10-14(13)9-26)20(28)23-15-3-5-16(30-2)6-4-15/h3-6,11,13-14H,7-10H2,1-2H3,(H,23,28)/t13-,14-/m0/s1. The van der Waals surface area contributed by atoms with E-state index in [4.69, 9.17) is 4.74 Å². The van der Waals surface area contributed by atoms with Crippen LogP contribution in [0.2, 0.25) is 0 Å². The van der Waals surface area contributed by atoms with Crippen LogP contribution >= 0.6 is 11.3 Å². The Morgan fingerprint density at radius 3 is 2.61 bits per heavy atom. The number of thiazole rings is 1. The summed E-state index contributed by atoms with van der Waals surface area (Å²) in [5, 5.41) is 14.0. The molecule has 0 spiro atoms. The van der Waals surface area contributed by atoms with Gasteiger partial charge in [-0.2, -0.15) is 0 Å². The van der Waals surface area contributed by atoms with Crippen molar-refractivity contribution in [3.63, 3.8) is 0 Å². The molecule has 1 saturated heterocycles. The summed E-state index contributed by atoms with van der Waals surface area (Å²) in [7, 11) is 1.60. The minimum absolute atomic E-state index is 0.0213. The zero-order valence-corrected chi connectivity index (χ0v) is 18.1. The first-order chi connectivity index (χ1) is 15.0. The van der Waals surface area contributed by atoms with Crippen molar-refractivity contribution in [2.24, 2.45) is 11.8 Å². The summed E-state index contributed by atoms with van der Waals surface area (Å²) in [6.45, 7) is 3.85. The molecule has 0 unspecified atom stereocenters. The van der Waals surface area contributed by atoms with E-state index >= 15 is 0 Å². The molecule has 4 heterocycles. The number of aryl methyl sites for hydroxylation is 1. The van der Waals surface area contributed by atoms with E-state index in [1.807, 2.05) is 21.8 Å². The molecule has 2 atom stereocenters. The molecule has 1 fully saturated rings. The third-order valence-corrected chi connectivity index (χ3v) is 6.72. The van der Waals surface area contributed by atoms with Crippen LogP contribution in [0.3, 0.4) is 0 Å². The number of rotatable bonds is 4. The van der Waals surface area contributed by atoms with Crippen LogP contribution in [0.4, 0.5) is 5.69 Å². The number of fused-ring (bicyclic) bond motifs is 2. The second kappa shape index (κ2) is 7.77. The minimum Gasteiger partial charge on any atom is -0.497 e. The molecule has 0 radical (unpaired) electrons. The van der Waals surface area contributed by atoms with Gasteiger partial charge in [-0.05, 0) is 43.0 Å². The Bertz CT molecular complexity index is 1140. The average molecular weight is 439 g/mol. The van der Waals surface area contributed by atoms with Crippen molar-refractivity contribution >= 4 is 28.8 Å². The summed E-state index contributed by atoms with van der Waals surface area (Å²) >= 11 is 1.48. The van der Waals surface area contributed by atoms with E-state index < -0.39 is 0 Å². The molecule has 31 heavy (non-hydrogen) atoms. The van der Waals surface area contributed by atoms with Gasteiger partial charge in [0.25, 0.3) is 11.8 Å². The number of benzene rings is 1. The first-order valence-electron chi connectivity index (χ1n) is 10.1. The van der Waals surface area contributed by atoms with Crippen LogP contribution in [0.25, 0.3) is 0 Å². The van der Waals surface area contributed by atoms with E-state index in [1.54, 1.807) is 31.4 Å². The number of carbonyl (C=O) groups excluding carboxylic acids is 2. The zero-order chi connectivity index (χ0) is 21.5. The molecule has 160 valence electrons. The van der Waals surface area contributed by atoms with Crippen molar-refractivity contribution < 1.29 is 14.3 Å². The lowest BCUT2D eigenvalue weighted by Gasteiger charge is -2.25. The highest BCUT2D eigenvalue weighted by Crippen LogP contribution is 2.33. The summed E-state index contributed by atoms with van der Waals surface area (Å²) in [6, 6.07) is 7.13. The van der Waals surface area contributed by atoms with Gasteiger partial charge in [0.05, 0.1) is 12.1 Å². The summed E-state index contributed by atoms with van der Waals surface area (Å²) in [4.78, 5) is 31.8. The van der Waals surface area contributed by atoms with Gasteiger partial charge in [-0.25, -0.2) is 4.98 Å². The molecule has 2 aliphatic heterocycles. The van der Waals surface area contributed by atoms with Crippen LogP contribution in [0.5, 0.6) is 5.75 Å². The second-order valence-corrected chi connectivity index (χ2v) is 8.98. The largest absolute Gasteiger partial charge is 0.497 e. The summed E-state index contributed by atoms with van der Waals surface area (Å²) in [5.41, 5.74) is 1.17. The van der Waals surface area contributed by atoms with Gasteiger partial charge in [0.2, 0.25) is 5.82 Å². The predicted molar refractivity (Wildman–Crippen MR) is 114 cm³/mol. The molecule has 0 saturated carbocycles. The molecule has 1 aromatic carbocycles. The topological polar surface area (TPSA) is 102 Å². The molecule has 2 aromatic heterocycles. The van der Waals surface area contributed by atoms with Crippen molar-refractivity contribution in [3.8, 4) is 5.75 Å². The number of amides is 2. The van der Waals surface area contributed by atoms with Crippen LogP contribution in [0.1, 0.15) is 31.9 Å². The number of likely N-dealkylation sites (tertiary alicyclic amines) is 1. The van der Waals surface area contributed by atoms with E-state index in [0.717, 1.165) is 16.6 Å². The molecule has 1 N–H and O–H groups in total. The average Bonchev–Trinajstić information content (AvgIpc) is 3.49. The number of nitrogens with one attached hydrogen (secondary N) is 1. The van der Waals surface area contributed by atoms with Gasteiger partial charge < -0.3 is 19.5 Å². The lowest BCUT2D eigenvalue weighted by molar-refractivity contribution is 0.0778. The molecule has 3 aromatic rings. The van der Waals surface area contributed by atoms with Crippen LogP contribution in [0.15, 0.2) is 29.6 Å². The number of carbonyl (C=O) groups is 2. The molecular weight excluding hydrogens is 416 g/mol. The fourth-order valence-electron chi connectivity index (χ4n) is 4.34. The van der Waals surface area contributed by atoms with Gasteiger partial charge in [-0.15, -0.1) is 21.5 Å². The fraction of sp³-hybridized carbons (Fsp3) is 0.381.